The molecule has 0 aromatic heterocycles. The standard InChI is InChI=1S/C15H18F3NO2/c1-19(14(20)8-9-21-10-15(16,17)18)13-7-6-11-4-2-3-5-12(11)13/h2-5,13H,6-10H2,1H3. The van der Waals surface area contributed by atoms with Crippen molar-refractivity contribution in [3.63, 3.8) is 0 Å². The average molecular weight is 301 g/mol. The van der Waals surface area contributed by atoms with Crippen molar-refractivity contribution in [1.82, 2.24) is 4.90 Å². The summed E-state index contributed by atoms with van der Waals surface area (Å²) < 4.78 is 40.3. The van der Waals surface area contributed by atoms with Gasteiger partial charge in [0.05, 0.1) is 19.1 Å². The van der Waals surface area contributed by atoms with Crippen molar-refractivity contribution in [2.24, 2.45) is 0 Å². The molecule has 116 valence electrons. The first-order valence-corrected chi connectivity index (χ1v) is 6.86. The van der Waals surface area contributed by atoms with Gasteiger partial charge in [-0.1, -0.05) is 24.3 Å². The third-order valence-corrected chi connectivity index (χ3v) is 3.69. The van der Waals surface area contributed by atoms with Crippen molar-refractivity contribution < 1.29 is 22.7 Å². The van der Waals surface area contributed by atoms with E-state index in [1.54, 1.807) is 11.9 Å². The lowest BCUT2D eigenvalue weighted by molar-refractivity contribution is -0.175. The zero-order valence-corrected chi connectivity index (χ0v) is 11.8. The van der Waals surface area contributed by atoms with Crippen LogP contribution in [0, 0.1) is 0 Å². The number of carbonyl (C=O) groups is 1. The van der Waals surface area contributed by atoms with E-state index in [0.29, 0.717) is 0 Å². The molecule has 1 aliphatic carbocycles. The number of carbonyl (C=O) groups excluding carboxylic acids is 1. The highest BCUT2D eigenvalue weighted by Crippen LogP contribution is 2.34. The van der Waals surface area contributed by atoms with Crippen molar-refractivity contribution in [2.45, 2.75) is 31.5 Å². The van der Waals surface area contributed by atoms with E-state index in [-0.39, 0.29) is 25.0 Å². The molecule has 0 fully saturated rings. The molecule has 0 saturated heterocycles. The molecule has 1 aromatic carbocycles. The van der Waals surface area contributed by atoms with Crippen LogP contribution in [0.3, 0.4) is 0 Å². The molecule has 0 radical (unpaired) electrons. The Hall–Kier alpha value is -1.56. The molecule has 0 N–H and O–H groups in total. The largest absolute Gasteiger partial charge is 0.411 e. The molecule has 0 spiro atoms. The minimum absolute atomic E-state index is 0.0105. The molecule has 21 heavy (non-hydrogen) atoms. The van der Waals surface area contributed by atoms with Gasteiger partial charge in [-0.05, 0) is 24.0 Å². The van der Waals surface area contributed by atoms with Crippen molar-refractivity contribution >= 4 is 5.91 Å². The summed E-state index contributed by atoms with van der Waals surface area (Å²) in [6.07, 6.45) is -2.61. The second-order valence-corrected chi connectivity index (χ2v) is 5.18. The third kappa shape index (κ3) is 4.20. The van der Waals surface area contributed by atoms with Crippen molar-refractivity contribution in [1.29, 1.82) is 0 Å². The van der Waals surface area contributed by atoms with E-state index >= 15 is 0 Å². The second kappa shape index (κ2) is 6.47. The first kappa shape index (κ1) is 15.8. The van der Waals surface area contributed by atoms with Crippen LogP contribution in [0.5, 0.6) is 0 Å². The fourth-order valence-corrected chi connectivity index (χ4v) is 2.63. The zero-order valence-electron chi connectivity index (χ0n) is 11.8. The summed E-state index contributed by atoms with van der Waals surface area (Å²) in [5.41, 5.74) is 2.36. The van der Waals surface area contributed by atoms with Gasteiger partial charge in [-0.15, -0.1) is 0 Å². The fraction of sp³-hybridized carbons (Fsp3) is 0.533. The summed E-state index contributed by atoms with van der Waals surface area (Å²) in [5.74, 6) is -0.195. The number of rotatable bonds is 5. The van der Waals surface area contributed by atoms with Gasteiger partial charge < -0.3 is 9.64 Å². The fourth-order valence-electron chi connectivity index (χ4n) is 2.63. The van der Waals surface area contributed by atoms with Crippen LogP contribution in [-0.4, -0.2) is 37.2 Å². The first-order chi connectivity index (χ1) is 9.88. The van der Waals surface area contributed by atoms with E-state index in [4.69, 9.17) is 0 Å². The molecule has 3 nitrogen and oxygen atoms in total. The molecule has 2 rings (SSSR count). The van der Waals surface area contributed by atoms with Gasteiger partial charge in [-0.25, -0.2) is 0 Å². The molecule has 0 aliphatic heterocycles. The van der Waals surface area contributed by atoms with Gasteiger partial charge in [0, 0.05) is 7.05 Å². The third-order valence-electron chi connectivity index (χ3n) is 3.69. The number of hydrogen-bond donors (Lipinski definition) is 0. The Bertz CT molecular complexity index is 502. The Balaban J connectivity index is 1.84. The van der Waals surface area contributed by atoms with Gasteiger partial charge in [0.25, 0.3) is 0 Å². The maximum atomic E-state index is 12.0. The minimum atomic E-state index is -4.35. The highest BCUT2D eigenvalue weighted by Gasteiger charge is 2.29. The number of alkyl halides is 3. The molecule has 0 saturated carbocycles. The van der Waals surface area contributed by atoms with E-state index < -0.39 is 12.8 Å². The summed E-state index contributed by atoms with van der Waals surface area (Å²) in [5, 5.41) is 0. The zero-order chi connectivity index (χ0) is 15.5. The Morgan fingerprint density at radius 1 is 1.38 bits per heavy atom. The van der Waals surface area contributed by atoms with Crippen LogP contribution in [-0.2, 0) is 16.0 Å². The minimum Gasteiger partial charge on any atom is -0.372 e. The van der Waals surface area contributed by atoms with E-state index in [1.807, 2.05) is 24.3 Å². The van der Waals surface area contributed by atoms with Gasteiger partial charge in [0.2, 0.25) is 5.91 Å². The summed E-state index contributed by atoms with van der Waals surface area (Å²) >= 11 is 0. The highest BCUT2D eigenvalue weighted by atomic mass is 19.4. The molecule has 0 heterocycles. The average Bonchev–Trinajstić information content (AvgIpc) is 2.85. The van der Waals surface area contributed by atoms with E-state index in [0.717, 1.165) is 18.4 Å². The maximum Gasteiger partial charge on any atom is 0.411 e. The molecule has 1 unspecified atom stereocenters. The lowest BCUT2D eigenvalue weighted by atomic mass is 10.1. The van der Waals surface area contributed by atoms with E-state index in [2.05, 4.69) is 4.74 Å². The van der Waals surface area contributed by atoms with E-state index in [1.165, 1.54) is 5.56 Å². The van der Waals surface area contributed by atoms with Gasteiger partial charge in [-0.2, -0.15) is 13.2 Å². The van der Waals surface area contributed by atoms with Crippen molar-refractivity contribution in [3.8, 4) is 0 Å². The number of hydrogen-bond acceptors (Lipinski definition) is 2. The lowest BCUT2D eigenvalue weighted by Gasteiger charge is -2.25. The monoisotopic (exact) mass is 301 g/mol. The molecule has 1 aromatic rings. The second-order valence-electron chi connectivity index (χ2n) is 5.18. The van der Waals surface area contributed by atoms with E-state index in [9.17, 15) is 18.0 Å². The predicted octanol–water partition coefficient (Wildman–Crippen LogP) is 3.10. The van der Waals surface area contributed by atoms with Gasteiger partial charge in [-0.3, -0.25) is 4.79 Å². The smallest absolute Gasteiger partial charge is 0.372 e. The molecule has 1 aliphatic rings. The number of nitrogens with zero attached hydrogens (tertiary/aromatic N) is 1. The van der Waals surface area contributed by atoms with Crippen LogP contribution in [0.2, 0.25) is 0 Å². The normalized spacial score (nSPS) is 17.6. The van der Waals surface area contributed by atoms with Crippen LogP contribution in [0.1, 0.15) is 30.0 Å². The molecular weight excluding hydrogens is 283 g/mol. The summed E-state index contributed by atoms with van der Waals surface area (Å²) in [4.78, 5) is 13.6. The SMILES string of the molecule is CN(C(=O)CCOCC(F)(F)F)C1CCc2ccccc21. The summed E-state index contributed by atoms with van der Waals surface area (Å²) in [7, 11) is 1.69. The predicted molar refractivity (Wildman–Crippen MR) is 71.8 cm³/mol. The van der Waals surface area contributed by atoms with Crippen LogP contribution in [0.25, 0.3) is 0 Å². The maximum absolute atomic E-state index is 12.0. The van der Waals surface area contributed by atoms with Gasteiger partial charge in [0.1, 0.15) is 6.61 Å². The molecule has 1 amide bonds. The van der Waals surface area contributed by atoms with Gasteiger partial charge >= 0.3 is 6.18 Å². The topological polar surface area (TPSA) is 29.5 Å². The molecule has 1 atom stereocenters. The Morgan fingerprint density at radius 3 is 2.81 bits per heavy atom. The first-order valence-electron chi connectivity index (χ1n) is 6.86. The van der Waals surface area contributed by atoms with Crippen molar-refractivity contribution in [3.05, 3.63) is 35.4 Å². The number of halogens is 3. The number of ether oxygens (including phenoxy) is 1. The summed E-state index contributed by atoms with van der Waals surface area (Å²) in [6, 6.07) is 7.95. The number of benzene rings is 1. The molecule has 6 heteroatoms. The Morgan fingerprint density at radius 2 is 2.10 bits per heavy atom. The van der Waals surface area contributed by atoms with Crippen LogP contribution in [0.4, 0.5) is 13.2 Å². The lowest BCUT2D eigenvalue weighted by Crippen LogP contribution is -2.31. The van der Waals surface area contributed by atoms with Crippen LogP contribution < -0.4 is 0 Å². The molecular formula is C15H18F3NO2. The quantitative estimate of drug-likeness (QED) is 0.782. The summed E-state index contributed by atoms with van der Waals surface area (Å²) in [6.45, 7) is -1.52. The van der Waals surface area contributed by atoms with Gasteiger partial charge in [0.15, 0.2) is 0 Å². The molecule has 0 bridgehead atoms. The Labute approximate surface area is 121 Å². The van der Waals surface area contributed by atoms with Crippen molar-refractivity contribution in [2.75, 3.05) is 20.3 Å². The number of aryl methyl sites for hydroxylation is 1. The van der Waals surface area contributed by atoms with Crippen LogP contribution in [0.15, 0.2) is 24.3 Å². The number of fused-ring (bicyclic) bond motifs is 1. The van der Waals surface area contributed by atoms with Crippen LogP contribution >= 0.6 is 0 Å². The highest BCUT2D eigenvalue weighted by molar-refractivity contribution is 5.76. The number of amides is 1. The Kier molecular flexibility index (Phi) is 4.88.